The number of anilines is 1. The summed E-state index contributed by atoms with van der Waals surface area (Å²) in [7, 11) is 0. The maximum atomic E-state index is 5.73. The van der Waals surface area contributed by atoms with Crippen molar-refractivity contribution in [3.8, 4) is 0 Å². The highest BCUT2D eigenvalue weighted by molar-refractivity contribution is 6.28. The average molecular weight is 209 g/mol. The van der Waals surface area contributed by atoms with Gasteiger partial charge in [0.25, 0.3) is 0 Å². The first-order valence-corrected chi connectivity index (χ1v) is 4.52. The van der Waals surface area contributed by atoms with Crippen molar-refractivity contribution in [3.63, 3.8) is 0 Å². The van der Waals surface area contributed by atoms with Gasteiger partial charge in [0, 0.05) is 5.69 Å². The van der Waals surface area contributed by atoms with Gasteiger partial charge < -0.3 is 5.73 Å². The highest BCUT2D eigenvalue weighted by Gasteiger charge is 2.08. The van der Waals surface area contributed by atoms with E-state index in [1.807, 2.05) is 19.9 Å². The van der Waals surface area contributed by atoms with Gasteiger partial charge >= 0.3 is 0 Å². The second-order valence-electron chi connectivity index (χ2n) is 3.16. The van der Waals surface area contributed by atoms with Crippen molar-refractivity contribution in [2.75, 3.05) is 5.73 Å². The van der Waals surface area contributed by atoms with Crippen molar-refractivity contribution in [1.29, 1.82) is 0 Å². The van der Waals surface area contributed by atoms with E-state index in [2.05, 4.69) is 15.0 Å². The predicted molar refractivity (Wildman–Crippen MR) is 56.2 cm³/mol. The van der Waals surface area contributed by atoms with Crippen LogP contribution in [0.15, 0.2) is 6.07 Å². The zero-order chi connectivity index (χ0) is 10.3. The molecule has 0 aliphatic heterocycles. The monoisotopic (exact) mass is 208 g/mol. The van der Waals surface area contributed by atoms with E-state index in [0.717, 1.165) is 16.6 Å². The van der Waals surface area contributed by atoms with Gasteiger partial charge in [-0.3, -0.25) is 0 Å². The van der Waals surface area contributed by atoms with E-state index in [1.54, 1.807) is 0 Å². The zero-order valence-electron chi connectivity index (χ0n) is 7.87. The van der Waals surface area contributed by atoms with E-state index < -0.39 is 0 Å². The van der Waals surface area contributed by atoms with Crippen LogP contribution < -0.4 is 5.73 Å². The van der Waals surface area contributed by atoms with E-state index in [9.17, 15) is 0 Å². The average Bonchev–Trinajstić information content (AvgIpc) is 1.99. The first kappa shape index (κ1) is 9.15. The Morgan fingerprint density at radius 1 is 1.21 bits per heavy atom. The standard InChI is InChI=1S/C9H9ClN4/c1-4-3-5(2)12-8-6(4)7(11)13-9(10)14-8/h3H,1-2H3,(H2,11,12,13,14). The number of hydrogen-bond donors (Lipinski definition) is 1. The van der Waals surface area contributed by atoms with Crippen LogP contribution in [0.25, 0.3) is 11.0 Å². The van der Waals surface area contributed by atoms with Gasteiger partial charge in [-0.15, -0.1) is 0 Å². The number of aromatic nitrogens is 3. The Balaban J connectivity index is 2.94. The quantitative estimate of drug-likeness (QED) is 0.672. The first-order valence-electron chi connectivity index (χ1n) is 4.15. The van der Waals surface area contributed by atoms with Crippen molar-refractivity contribution in [2.24, 2.45) is 0 Å². The summed E-state index contributed by atoms with van der Waals surface area (Å²) in [4.78, 5) is 12.1. The summed E-state index contributed by atoms with van der Waals surface area (Å²) >= 11 is 5.69. The van der Waals surface area contributed by atoms with Gasteiger partial charge in [0.2, 0.25) is 5.28 Å². The molecule has 72 valence electrons. The summed E-state index contributed by atoms with van der Waals surface area (Å²) in [5.74, 6) is 0.380. The van der Waals surface area contributed by atoms with Gasteiger partial charge in [-0.05, 0) is 37.1 Å². The third kappa shape index (κ3) is 1.37. The molecular weight excluding hydrogens is 200 g/mol. The topological polar surface area (TPSA) is 64.7 Å². The Morgan fingerprint density at radius 2 is 1.93 bits per heavy atom. The lowest BCUT2D eigenvalue weighted by molar-refractivity contribution is 1.14. The largest absolute Gasteiger partial charge is 0.383 e. The van der Waals surface area contributed by atoms with Crippen LogP contribution in [0.2, 0.25) is 5.28 Å². The number of pyridine rings is 1. The Bertz CT molecular complexity index is 467. The Hall–Kier alpha value is -1.42. The fourth-order valence-corrected chi connectivity index (χ4v) is 1.65. The molecule has 0 saturated carbocycles. The highest BCUT2D eigenvalue weighted by atomic mass is 35.5. The van der Waals surface area contributed by atoms with Gasteiger partial charge in [-0.1, -0.05) is 0 Å². The number of hydrogen-bond acceptors (Lipinski definition) is 4. The van der Waals surface area contributed by atoms with Crippen molar-refractivity contribution >= 4 is 28.5 Å². The summed E-state index contributed by atoms with van der Waals surface area (Å²) in [6.45, 7) is 3.85. The number of rotatable bonds is 0. The van der Waals surface area contributed by atoms with Crippen LogP contribution in [-0.2, 0) is 0 Å². The molecule has 0 unspecified atom stereocenters. The number of nitrogens with zero attached hydrogens (tertiary/aromatic N) is 3. The molecule has 0 spiro atoms. The Morgan fingerprint density at radius 3 is 2.64 bits per heavy atom. The molecule has 0 aromatic carbocycles. The van der Waals surface area contributed by atoms with Gasteiger partial charge in [0.15, 0.2) is 5.65 Å². The molecule has 2 aromatic rings. The van der Waals surface area contributed by atoms with Crippen molar-refractivity contribution in [2.45, 2.75) is 13.8 Å². The highest BCUT2D eigenvalue weighted by Crippen LogP contribution is 2.22. The van der Waals surface area contributed by atoms with Crippen molar-refractivity contribution in [1.82, 2.24) is 15.0 Å². The minimum absolute atomic E-state index is 0.132. The molecule has 0 bridgehead atoms. The fraction of sp³-hybridized carbons (Fsp3) is 0.222. The first-order chi connectivity index (χ1) is 6.58. The van der Waals surface area contributed by atoms with E-state index in [1.165, 1.54) is 0 Å². The molecule has 0 aliphatic rings. The van der Waals surface area contributed by atoms with Crippen molar-refractivity contribution < 1.29 is 0 Å². The lowest BCUT2D eigenvalue weighted by Gasteiger charge is -2.04. The number of fused-ring (bicyclic) bond motifs is 1. The number of halogens is 1. The molecule has 0 saturated heterocycles. The van der Waals surface area contributed by atoms with E-state index >= 15 is 0 Å². The lowest BCUT2D eigenvalue weighted by atomic mass is 10.1. The summed E-state index contributed by atoms with van der Waals surface area (Å²) in [6.07, 6.45) is 0. The lowest BCUT2D eigenvalue weighted by Crippen LogP contribution is -1.99. The number of aryl methyl sites for hydroxylation is 2. The summed E-state index contributed by atoms with van der Waals surface area (Å²) in [6, 6.07) is 1.94. The maximum Gasteiger partial charge on any atom is 0.226 e. The number of nitrogens with two attached hydrogens (primary N) is 1. The molecule has 2 heterocycles. The van der Waals surface area contributed by atoms with E-state index in [4.69, 9.17) is 17.3 Å². The third-order valence-corrected chi connectivity index (χ3v) is 2.16. The molecule has 2 aromatic heterocycles. The Labute approximate surface area is 86.1 Å². The summed E-state index contributed by atoms with van der Waals surface area (Å²) < 4.78 is 0. The van der Waals surface area contributed by atoms with Gasteiger partial charge in [0.05, 0.1) is 5.39 Å². The molecule has 0 radical (unpaired) electrons. The molecular formula is C9H9ClN4. The molecule has 5 heteroatoms. The molecule has 4 nitrogen and oxygen atoms in total. The molecule has 0 amide bonds. The molecule has 2 rings (SSSR count). The van der Waals surface area contributed by atoms with E-state index in [-0.39, 0.29) is 5.28 Å². The summed E-state index contributed by atoms with van der Waals surface area (Å²) in [5, 5.41) is 0.910. The molecule has 14 heavy (non-hydrogen) atoms. The van der Waals surface area contributed by atoms with Crippen LogP contribution in [0.5, 0.6) is 0 Å². The fourth-order valence-electron chi connectivity index (χ4n) is 1.48. The molecule has 2 N–H and O–H groups in total. The normalized spacial score (nSPS) is 10.8. The van der Waals surface area contributed by atoms with Crippen LogP contribution in [0, 0.1) is 13.8 Å². The minimum atomic E-state index is 0.132. The maximum absolute atomic E-state index is 5.73. The zero-order valence-corrected chi connectivity index (χ0v) is 8.63. The third-order valence-electron chi connectivity index (χ3n) is 1.99. The molecule has 0 aliphatic carbocycles. The van der Waals surface area contributed by atoms with E-state index in [0.29, 0.717) is 11.5 Å². The van der Waals surface area contributed by atoms with Crippen LogP contribution >= 0.6 is 11.6 Å². The van der Waals surface area contributed by atoms with Crippen LogP contribution in [0.3, 0.4) is 0 Å². The SMILES string of the molecule is Cc1cc(C)c2c(N)nc(Cl)nc2n1. The second kappa shape index (κ2) is 3.06. The van der Waals surface area contributed by atoms with Crippen LogP contribution in [0.1, 0.15) is 11.3 Å². The molecule has 0 fully saturated rings. The van der Waals surface area contributed by atoms with Gasteiger partial charge in [-0.2, -0.15) is 4.98 Å². The predicted octanol–water partition coefficient (Wildman–Crippen LogP) is 1.88. The number of nitrogen functional groups attached to an aromatic ring is 1. The second-order valence-corrected chi connectivity index (χ2v) is 3.50. The van der Waals surface area contributed by atoms with Gasteiger partial charge in [0.1, 0.15) is 5.82 Å². The minimum Gasteiger partial charge on any atom is -0.383 e. The van der Waals surface area contributed by atoms with Crippen LogP contribution in [0.4, 0.5) is 5.82 Å². The van der Waals surface area contributed by atoms with Gasteiger partial charge in [-0.25, -0.2) is 9.97 Å². The van der Waals surface area contributed by atoms with Crippen molar-refractivity contribution in [3.05, 3.63) is 22.6 Å². The summed E-state index contributed by atoms with van der Waals surface area (Å²) in [5.41, 5.74) is 8.20. The molecule has 0 atom stereocenters. The Kier molecular flexibility index (Phi) is 2.00. The van der Waals surface area contributed by atoms with Crippen LogP contribution in [-0.4, -0.2) is 15.0 Å². The smallest absolute Gasteiger partial charge is 0.226 e.